The van der Waals surface area contributed by atoms with Crippen LogP contribution in [0.3, 0.4) is 0 Å². The van der Waals surface area contributed by atoms with Crippen molar-refractivity contribution >= 4 is 17.9 Å². The first-order valence-corrected chi connectivity index (χ1v) is 14.8. The quantitative estimate of drug-likeness (QED) is 0.229. The van der Waals surface area contributed by atoms with Crippen molar-refractivity contribution in [2.75, 3.05) is 6.54 Å². The normalized spacial score (nSPS) is 12.6. The molecule has 0 fully saturated rings. The van der Waals surface area contributed by atoms with E-state index in [0.29, 0.717) is 18.7 Å². The lowest BCUT2D eigenvalue weighted by molar-refractivity contribution is -0.142. The third-order valence-electron chi connectivity index (χ3n) is 6.82. The van der Waals surface area contributed by atoms with E-state index in [4.69, 9.17) is 4.74 Å². The molecule has 7 nitrogen and oxygen atoms in total. The summed E-state index contributed by atoms with van der Waals surface area (Å²) in [5.41, 5.74) is 2.89. The Morgan fingerprint density at radius 3 is 2.00 bits per heavy atom. The third kappa shape index (κ3) is 10.4. The third-order valence-corrected chi connectivity index (χ3v) is 6.82. The molecular formula is C35H45N3O4. The Kier molecular flexibility index (Phi) is 12.1. The highest BCUT2D eigenvalue weighted by Crippen LogP contribution is 2.25. The molecule has 3 rings (SSSR count). The van der Waals surface area contributed by atoms with E-state index < -0.39 is 23.8 Å². The van der Waals surface area contributed by atoms with Crippen LogP contribution in [0, 0.1) is 6.92 Å². The fourth-order valence-corrected chi connectivity index (χ4v) is 4.70. The van der Waals surface area contributed by atoms with Gasteiger partial charge in [0.25, 0.3) is 0 Å². The second kappa shape index (κ2) is 15.8. The number of unbranched alkanes of at least 4 members (excludes halogenated alkanes) is 2. The van der Waals surface area contributed by atoms with Gasteiger partial charge in [0.05, 0.1) is 0 Å². The lowest BCUT2D eigenvalue weighted by Gasteiger charge is -2.35. The highest BCUT2D eigenvalue weighted by molar-refractivity contribution is 5.92. The Hall–Kier alpha value is -4.13. The lowest BCUT2D eigenvalue weighted by Crippen LogP contribution is -2.54. The molecule has 7 heteroatoms. The molecule has 0 aliphatic carbocycles. The summed E-state index contributed by atoms with van der Waals surface area (Å²) in [7, 11) is 0. The molecule has 0 saturated heterocycles. The summed E-state index contributed by atoms with van der Waals surface area (Å²) in [6.07, 6.45) is 2.17. The average molecular weight is 572 g/mol. The second-order valence-electron chi connectivity index (χ2n) is 11.6. The van der Waals surface area contributed by atoms with Crippen LogP contribution in [0.15, 0.2) is 84.9 Å². The fourth-order valence-electron chi connectivity index (χ4n) is 4.70. The minimum atomic E-state index is -0.932. The Morgan fingerprint density at radius 2 is 1.43 bits per heavy atom. The molecule has 0 aliphatic heterocycles. The molecule has 0 aromatic heterocycles. The summed E-state index contributed by atoms with van der Waals surface area (Å²) in [6, 6.07) is 25.1. The molecule has 2 atom stereocenters. The van der Waals surface area contributed by atoms with Crippen LogP contribution in [-0.4, -0.2) is 41.0 Å². The van der Waals surface area contributed by atoms with Crippen LogP contribution in [0.25, 0.3) is 0 Å². The average Bonchev–Trinajstić information content (AvgIpc) is 2.96. The minimum absolute atomic E-state index is 0.259. The van der Waals surface area contributed by atoms with Crippen LogP contribution in [0.4, 0.5) is 4.79 Å². The fraction of sp³-hybridized carbons (Fsp3) is 0.400. The number of benzene rings is 3. The molecule has 0 heterocycles. The molecule has 224 valence electrons. The monoisotopic (exact) mass is 571 g/mol. The van der Waals surface area contributed by atoms with Gasteiger partial charge in [0, 0.05) is 19.5 Å². The molecule has 0 saturated carbocycles. The van der Waals surface area contributed by atoms with Gasteiger partial charge in [-0.25, -0.2) is 4.79 Å². The molecule has 0 spiro atoms. The maximum absolute atomic E-state index is 14.5. The van der Waals surface area contributed by atoms with Crippen LogP contribution in [0.1, 0.15) is 75.3 Å². The summed E-state index contributed by atoms with van der Waals surface area (Å²) in [5, 5.41) is 5.87. The molecule has 2 N–H and O–H groups in total. The van der Waals surface area contributed by atoms with Crippen molar-refractivity contribution in [2.24, 2.45) is 0 Å². The number of carbonyl (C=O) groups excluding carboxylic acids is 3. The Bertz CT molecular complexity index is 1270. The van der Waals surface area contributed by atoms with E-state index in [0.717, 1.165) is 36.0 Å². The molecular weight excluding hydrogens is 526 g/mol. The number of nitrogens with zero attached hydrogens (tertiary/aromatic N) is 1. The predicted molar refractivity (Wildman–Crippen MR) is 167 cm³/mol. The van der Waals surface area contributed by atoms with Crippen molar-refractivity contribution in [1.82, 2.24) is 15.5 Å². The van der Waals surface area contributed by atoms with Crippen molar-refractivity contribution in [1.29, 1.82) is 0 Å². The van der Waals surface area contributed by atoms with Crippen molar-refractivity contribution in [3.05, 3.63) is 107 Å². The smallest absolute Gasteiger partial charge is 0.408 e. The van der Waals surface area contributed by atoms with E-state index >= 15 is 0 Å². The number of aryl methyl sites for hydroxylation is 1. The molecule has 3 amide bonds. The zero-order chi connectivity index (χ0) is 30.5. The summed E-state index contributed by atoms with van der Waals surface area (Å²) >= 11 is 0. The van der Waals surface area contributed by atoms with Gasteiger partial charge in [-0.1, -0.05) is 110 Å². The van der Waals surface area contributed by atoms with Gasteiger partial charge in [-0.15, -0.1) is 0 Å². The first-order valence-electron chi connectivity index (χ1n) is 14.8. The van der Waals surface area contributed by atoms with Gasteiger partial charge in [0.2, 0.25) is 11.8 Å². The van der Waals surface area contributed by atoms with Crippen LogP contribution in [0.5, 0.6) is 0 Å². The standard InChI is InChI=1S/C35H45N3O4/c1-6-7-14-23-38(33(40)30(24-27-15-10-8-11-16-27)37-34(41)42-35(3,4)5)31(29-21-19-26(2)20-22-29)32(39)36-25-28-17-12-9-13-18-28/h8-13,15-22,30-31H,6-7,14,23-25H2,1-5H3,(H,36,39)(H,37,41). The summed E-state index contributed by atoms with van der Waals surface area (Å²) < 4.78 is 5.53. The maximum atomic E-state index is 14.5. The van der Waals surface area contributed by atoms with Crippen molar-refractivity contribution < 1.29 is 19.1 Å². The van der Waals surface area contributed by atoms with Crippen molar-refractivity contribution in [2.45, 2.75) is 84.5 Å². The molecule has 3 aromatic rings. The molecule has 0 aliphatic rings. The first-order chi connectivity index (χ1) is 20.1. The molecule has 0 radical (unpaired) electrons. The van der Waals surface area contributed by atoms with Gasteiger partial charge in [-0.05, 0) is 50.8 Å². The van der Waals surface area contributed by atoms with Gasteiger partial charge >= 0.3 is 6.09 Å². The van der Waals surface area contributed by atoms with Crippen LogP contribution < -0.4 is 10.6 Å². The number of amides is 3. The van der Waals surface area contributed by atoms with Crippen LogP contribution in [-0.2, 0) is 27.3 Å². The van der Waals surface area contributed by atoms with E-state index in [1.807, 2.05) is 91.9 Å². The van der Waals surface area contributed by atoms with Gasteiger partial charge in [0.1, 0.15) is 17.7 Å². The van der Waals surface area contributed by atoms with E-state index in [2.05, 4.69) is 17.6 Å². The number of ether oxygens (including phenoxy) is 1. The largest absolute Gasteiger partial charge is 0.444 e. The summed E-state index contributed by atoms with van der Waals surface area (Å²) in [5.74, 6) is -0.607. The van der Waals surface area contributed by atoms with Gasteiger partial charge < -0.3 is 20.3 Å². The number of carbonyl (C=O) groups is 3. The highest BCUT2D eigenvalue weighted by atomic mass is 16.6. The number of rotatable bonds is 13. The Labute approximate surface area is 250 Å². The zero-order valence-electron chi connectivity index (χ0n) is 25.6. The summed E-state index contributed by atoms with van der Waals surface area (Å²) in [6.45, 7) is 10.1. The topological polar surface area (TPSA) is 87.7 Å². The molecule has 3 aromatic carbocycles. The maximum Gasteiger partial charge on any atom is 0.408 e. The van der Waals surface area contributed by atoms with E-state index in [9.17, 15) is 14.4 Å². The number of nitrogens with one attached hydrogen (secondary N) is 2. The van der Waals surface area contributed by atoms with Crippen LogP contribution in [0.2, 0.25) is 0 Å². The molecule has 0 bridgehead atoms. The number of alkyl carbamates (subject to hydrolysis) is 1. The zero-order valence-corrected chi connectivity index (χ0v) is 25.6. The van der Waals surface area contributed by atoms with E-state index in [1.165, 1.54) is 0 Å². The minimum Gasteiger partial charge on any atom is -0.444 e. The lowest BCUT2D eigenvalue weighted by atomic mass is 9.99. The van der Waals surface area contributed by atoms with Crippen molar-refractivity contribution in [3.8, 4) is 0 Å². The number of hydrogen-bond acceptors (Lipinski definition) is 4. The van der Waals surface area contributed by atoms with Crippen LogP contribution >= 0.6 is 0 Å². The summed E-state index contributed by atoms with van der Waals surface area (Å²) in [4.78, 5) is 43.0. The van der Waals surface area contributed by atoms with Crippen molar-refractivity contribution in [3.63, 3.8) is 0 Å². The van der Waals surface area contributed by atoms with Gasteiger partial charge in [-0.2, -0.15) is 0 Å². The SMILES string of the molecule is CCCCCN(C(=O)C(Cc1ccccc1)NC(=O)OC(C)(C)C)C(C(=O)NCc1ccccc1)c1ccc(C)cc1. The molecule has 42 heavy (non-hydrogen) atoms. The predicted octanol–water partition coefficient (Wildman–Crippen LogP) is 6.51. The Morgan fingerprint density at radius 1 is 0.833 bits per heavy atom. The van der Waals surface area contributed by atoms with Gasteiger partial charge in [0.15, 0.2) is 0 Å². The molecule has 2 unspecified atom stereocenters. The van der Waals surface area contributed by atoms with Gasteiger partial charge in [-0.3, -0.25) is 9.59 Å². The Balaban J connectivity index is 2.00. The second-order valence-corrected chi connectivity index (χ2v) is 11.6. The first kappa shape index (κ1) is 32.4. The van der Waals surface area contributed by atoms with E-state index in [1.54, 1.807) is 25.7 Å². The number of hydrogen-bond donors (Lipinski definition) is 2. The highest BCUT2D eigenvalue weighted by Gasteiger charge is 2.36. The van der Waals surface area contributed by atoms with E-state index in [-0.39, 0.29) is 18.2 Å².